The smallest absolute Gasteiger partial charge is 0.258 e. The Kier molecular flexibility index (Phi) is 6.36. The van der Waals surface area contributed by atoms with Crippen LogP contribution in [0.3, 0.4) is 0 Å². The van der Waals surface area contributed by atoms with Gasteiger partial charge >= 0.3 is 0 Å². The van der Waals surface area contributed by atoms with Crippen molar-refractivity contribution in [2.24, 2.45) is 0 Å². The second-order valence-electron chi connectivity index (χ2n) is 8.85. The lowest BCUT2D eigenvalue weighted by Crippen LogP contribution is -2.30. The van der Waals surface area contributed by atoms with E-state index in [1.165, 1.54) is 18.2 Å². The second-order valence-corrected chi connectivity index (χ2v) is 10.6. The van der Waals surface area contributed by atoms with Gasteiger partial charge < -0.3 is 10.0 Å². The maximum absolute atomic E-state index is 13.5. The zero-order valence-electron chi connectivity index (χ0n) is 19.4. The average molecular weight is 505 g/mol. The fraction of sp³-hybridized carbons (Fsp3) is 0.179. The first kappa shape index (κ1) is 23.8. The number of aryl methyl sites for hydroxylation is 1. The predicted octanol–water partition coefficient (Wildman–Crippen LogP) is 5.93. The highest BCUT2D eigenvalue weighted by Gasteiger charge is 2.26. The maximum atomic E-state index is 13.5. The topological polar surface area (TPSA) is 86.7 Å². The van der Waals surface area contributed by atoms with E-state index in [0.717, 1.165) is 35.6 Å². The molecule has 36 heavy (non-hydrogen) atoms. The van der Waals surface area contributed by atoms with Crippen LogP contribution in [-0.4, -0.2) is 26.0 Å². The van der Waals surface area contributed by atoms with Crippen LogP contribution in [0.5, 0.6) is 5.75 Å². The molecule has 6 nitrogen and oxygen atoms in total. The lowest BCUT2D eigenvalue weighted by atomic mass is 9.97. The number of allylic oxidation sites excluding steroid dienone is 4. The van der Waals surface area contributed by atoms with Crippen LogP contribution in [0.4, 0.5) is 15.8 Å². The van der Waals surface area contributed by atoms with Crippen molar-refractivity contribution >= 4 is 27.3 Å². The van der Waals surface area contributed by atoms with E-state index < -0.39 is 10.0 Å². The Morgan fingerprint density at radius 2 is 1.69 bits per heavy atom. The number of hydrogen-bond acceptors (Lipinski definition) is 4. The van der Waals surface area contributed by atoms with E-state index in [1.807, 2.05) is 42.5 Å². The van der Waals surface area contributed by atoms with E-state index in [1.54, 1.807) is 11.0 Å². The first-order valence-electron chi connectivity index (χ1n) is 11.7. The summed E-state index contributed by atoms with van der Waals surface area (Å²) >= 11 is 0. The Labute approximate surface area is 209 Å². The lowest BCUT2D eigenvalue weighted by Gasteiger charge is -2.23. The minimum Gasteiger partial charge on any atom is -0.506 e. The molecule has 184 valence electrons. The molecule has 0 radical (unpaired) electrons. The molecule has 1 aliphatic carbocycles. The number of hydrogen-bond donors (Lipinski definition) is 2. The number of rotatable bonds is 5. The number of amides is 1. The van der Waals surface area contributed by atoms with Gasteiger partial charge in [0.2, 0.25) is 0 Å². The van der Waals surface area contributed by atoms with Gasteiger partial charge in [0.25, 0.3) is 15.9 Å². The Morgan fingerprint density at radius 3 is 2.44 bits per heavy atom. The number of aromatic hydroxyl groups is 1. The third-order valence-corrected chi connectivity index (χ3v) is 7.98. The van der Waals surface area contributed by atoms with Gasteiger partial charge in [0.1, 0.15) is 11.6 Å². The van der Waals surface area contributed by atoms with Crippen molar-refractivity contribution in [1.82, 2.24) is 0 Å². The summed E-state index contributed by atoms with van der Waals surface area (Å²) in [4.78, 5) is 15.1. The van der Waals surface area contributed by atoms with Crippen molar-refractivity contribution in [2.45, 2.75) is 25.7 Å². The van der Waals surface area contributed by atoms with E-state index in [-0.39, 0.29) is 40.9 Å². The highest BCUT2D eigenvalue weighted by Crippen LogP contribution is 2.34. The number of sulfonamides is 1. The largest absolute Gasteiger partial charge is 0.506 e. The van der Waals surface area contributed by atoms with Crippen LogP contribution in [0.2, 0.25) is 0 Å². The fourth-order valence-corrected chi connectivity index (χ4v) is 5.74. The quantitative estimate of drug-likeness (QED) is 0.422. The van der Waals surface area contributed by atoms with Crippen LogP contribution in [0.25, 0.3) is 11.1 Å². The molecule has 0 bridgehead atoms. The summed E-state index contributed by atoms with van der Waals surface area (Å²) in [6.45, 7) is 0.445. The molecule has 3 aromatic carbocycles. The minimum atomic E-state index is -3.99. The summed E-state index contributed by atoms with van der Waals surface area (Å²) < 4.78 is 41.3. The molecule has 0 saturated carbocycles. The summed E-state index contributed by atoms with van der Waals surface area (Å²) in [5.74, 6) is -0.831. The summed E-state index contributed by atoms with van der Waals surface area (Å²) in [7, 11) is -3.99. The maximum Gasteiger partial charge on any atom is 0.258 e. The number of halogens is 1. The van der Waals surface area contributed by atoms with Crippen LogP contribution in [0.1, 0.15) is 35.2 Å². The van der Waals surface area contributed by atoms with Crippen molar-refractivity contribution in [3.05, 3.63) is 101 Å². The van der Waals surface area contributed by atoms with Crippen LogP contribution >= 0.6 is 0 Å². The van der Waals surface area contributed by atoms with Crippen molar-refractivity contribution in [1.29, 1.82) is 0 Å². The highest BCUT2D eigenvalue weighted by atomic mass is 32.2. The molecule has 2 aliphatic rings. The zero-order chi connectivity index (χ0) is 25.3. The van der Waals surface area contributed by atoms with Crippen molar-refractivity contribution in [3.8, 4) is 16.9 Å². The van der Waals surface area contributed by atoms with Gasteiger partial charge in [0, 0.05) is 24.2 Å². The van der Waals surface area contributed by atoms with Gasteiger partial charge in [-0.3, -0.25) is 9.52 Å². The van der Waals surface area contributed by atoms with Crippen LogP contribution < -0.4 is 9.62 Å². The molecule has 3 aromatic rings. The highest BCUT2D eigenvalue weighted by molar-refractivity contribution is 7.96. The predicted molar refractivity (Wildman–Crippen MR) is 139 cm³/mol. The standard InChI is InChI=1S/C28H25FN2O4S/c29-22-9-12-24(13-10-22)36(34,35)30-26-18-23(11-15-27(26)32)31-16-4-7-21-17-20(8-14-25(21)28(31)33)19-5-2-1-3-6-19/h1-3,5-6,8-9,11-12,14-15,17-18,30,32H,4,7,10,13,16H2. The normalized spacial score (nSPS) is 16.0. The Balaban J connectivity index is 1.43. The Bertz CT molecular complexity index is 1500. The number of benzene rings is 3. The molecule has 0 unspecified atom stereocenters. The number of phenols is 1. The summed E-state index contributed by atoms with van der Waals surface area (Å²) in [5, 5.41) is 10.3. The van der Waals surface area contributed by atoms with Crippen molar-refractivity contribution < 1.29 is 22.7 Å². The Hall–Kier alpha value is -3.91. The molecule has 0 aromatic heterocycles. The van der Waals surface area contributed by atoms with E-state index in [2.05, 4.69) is 10.8 Å². The number of fused-ring (bicyclic) bond motifs is 1. The molecule has 2 N–H and O–H groups in total. The molecule has 8 heteroatoms. The Morgan fingerprint density at radius 1 is 0.889 bits per heavy atom. The van der Waals surface area contributed by atoms with Crippen molar-refractivity contribution in [3.63, 3.8) is 0 Å². The first-order chi connectivity index (χ1) is 17.3. The fourth-order valence-electron chi connectivity index (χ4n) is 4.54. The number of carbonyl (C=O) groups excluding carboxylic acids is 1. The molecule has 1 heterocycles. The summed E-state index contributed by atoms with van der Waals surface area (Å²) in [5.41, 5.74) is 4.12. The first-order valence-corrected chi connectivity index (χ1v) is 13.2. The molecular weight excluding hydrogens is 479 g/mol. The average Bonchev–Trinajstić information content (AvgIpc) is 3.04. The van der Waals surface area contributed by atoms with Gasteiger partial charge in [-0.15, -0.1) is 0 Å². The molecule has 0 atom stereocenters. The summed E-state index contributed by atoms with van der Waals surface area (Å²) in [6, 6.07) is 20.2. The monoisotopic (exact) mass is 504 g/mol. The zero-order valence-corrected chi connectivity index (χ0v) is 20.3. The molecule has 0 fully saturated rings. The number of carbonyl (C=O) groups is 1. The van der Waals surface area contributed by atoms with E-state index in [0.29, 0.717) is 17.8 Å². The molecule has 0 spiro atoms. The van der Waals surface area contributed by atoms with Gasteiger partial charge in [0.05, 0.1) is 10.6 Å². The summed E-state index contributed by atoms with van der Waals surface area (Å²) in [6.07, 6.45) is 3.85. The van der Waals surface area contributed by atoms with Crippen molar-refractivity contribution in [2.75, 3.05) is 16.2 Å². The molecule has 1 aliphatic heterocycles. The van der Waals surface area contributed by atoms with E-state index in [9.17, 15) is 22.7 Å². The van der Waals surface area contributed by atoms with Crippen LogP contribution in [-0.2, 0) is 16.4 Å². The van der Waals surface area contributed by atoms with Gasteiger partial charge in [-0.1, -0.05) is 42.5 Å². The minimum absolute atomic E-state index is 0.00639. The molecule has 1 amide bonds. The molecular formula is C28H25FN2O4S. The number of nitrogens with one attached hydrogen (secondary N) is 1. The van der Waals surface area contributed by atoms with E-state index in [4.69, 9.17) is 0 Å². The number of nitrogens with zero attached hydrogens (tertiary/aromatic N) is 1. The molecule has 0 saturated heterocycles. The van der Waals surface area contributed by atoms with E-state index >= 15 is 0 Å². The number of phenolic OH excluding ortho intramolecular Hbond substituents is 1. The van der Waals surface area contributed by atoms with Gasteiger partial charge in [0.15, 0.2) is 0 Å². The number of anilines is 2. The van der Waals surface area contributed by atoms with Gasteiger partial charge in [-0.2, -0.15) is 0 Å². The third kappa shape index (κ3) is 4.77. The van der Waals surface area contributed by atoms with Crippen LogP contribution in [0, 0.1) is 0 Å². The van der Waals surface area contributed by atoms with Gasteiger partial charge in [-0.25, -0.2) is 12.8 Å². The third-order valence-electron chi connectivity index (χ3n) is 6.46. The second kappa shape index (κ2) is 9.62. The van der Waals surface area contributed by atoms with Crippen LogP contribution in [0.15, 0.2) is 89.6 Å². The van der Waals surface area contributed by atoms with Gasteiger partial charge in [-0.05, 0) is 72.4 Å². The SMILES string of the molecule is O=C1c2ccc(-c3ccccc3)cc2CCCN1c1ccc(O)c(NS(=O)(=O)C2=CC=C(F)CC2)c1. The lowest BCUT2D eigenvalue weighted by molar-refractivity contribution is 0.0988. The molecule has 5 rings (SSSR count).